The zero-order chi connectivity index (χ0) is 19.3. The fraction of sp³-hybridized carbons (Fsp3) is 0.235. The van der Waals surface area contributed by atoms with Gasteiger partial charge in [0.15, 0.2) is 0 Å². The van der Waals surface area contributed by atoms with E-state index in [9.17, 15) is 13.2 Å². The predicted molar refractivity (Wildman–Crippen MR) is 105 cm³/mol. The first-order valence-electron chi connectivity index (χ1n) is 7.51. The van der Waals surface area contributed by atoms with Gasteiger partial charge in [-0.2, -0.15) is 4.31 Å². The molecule has 0 bridgehead atoms. The molecule has 1 amide bonds. The van der Waals surface area contributed by atoms with Gasteiger partial charge in [0.2, 0.25) is 15.9 Å². The summed E-state index contributed by atoms with van der Waals surface area (Å²) in [7, 11) is -1.08. The van der Waals surface area contributed by atoms with Gasteiger partial charge in [-0.1, -0.05) is 17.7 Å². The van der Waals surface area contributed by atoms with Crippen LogP contribution in [0.5, 0.6) is 5.75 Å². The van der Waals surface area contributed by atoms with Gasteiger partial charge in [-0.25, -0.2) is 8.42 Å². The topological polar surface area (TPSA) is 75.7 Å². The molecular formula is C17H19ClN2O4S2. The van der Waals surface area contributed by atoms with Crippen molar-refractivity contribution in [3.8, 4) is 5.75 Å². The average molecular weight is 415 g/mol. The molecule has 0 heterocycles. The van der Waals surface area contributed by atoms with Crippen LogP contribution in [-0.2, 0) is 14.8 Å². The highest BCUT2D eigenvalue weighted by molar-refractivity contribution is 7.98. The number of amides is 1. The van der Waals surface area contributed by atoms with Crippen LogP contribution in [0.2, 0.25) is 5.02 Å². The second-order valence-corrected chi connectivity index (χ2v) is 8.67. The van der Waals surface area contributed by atoms with Crippen LogP contribution in [0.4, 0.5) is 5.69 Å². The van der Waals surface area contributed by atoms with E-state index in [1.54, 1.807) is 17.8 Å². The summed E-state index contributed by atoms with van der Waals surface area (Å²) in [6, 6.07) is 11.5. The molecule has 0 fully saturated rings. The summed E-state index contributed by atoms with van der Waals surface area (Å²) >= 11 is 7.54. The number of hydrogen-bond acceptors (Lipinski definition) is 5. The fourth-order valence-electron chi connectivity index (χ4n) is 2.18. The predicted octanol–water partition coefficient (Wildman–Crippen LogP) is 3.33. The Labute approximate surface area is 162 Å². The molecule has 0 saturated carbocycles. The molecule has 140 valence electrons. The molecule has 1 N–H and O–H groups in total. The van der Waals surface area contributed by atoms with Crippen molar-refractivity contribution >= 4 is 45.0 Å². The summed E-state index contributed by atoms with van der Waals surface area (Å²) < 4.78 is 31.2. The van der Waals surface area contributed by atoms with Crippen molar-refractivity contribution < 1.29 is 17.9 Å². The Kier molecular flexibility index (Phi) is 6.94. The van der Waals surface area contributed by atoms with Crippen LogP contribution < -0.4 is 10.1 Å². The molecule has 0 aromatic heterocycles. The normalized spacial score (nSPS) is 11.4. The fourth-order valence-corrected chi connectivity index (χ4v) is 4.11. The summed E-state index contributed by atoms with van der Waals surface area (Å²) in [6.07, 6.45) is 1.93. The lowest BCUT2D eigenvalue weighted by atomic mass is 10.3. The number of ether oxygens (including phenoxy) is 1. The maximum Gasteiger partial charge on any atom is 0.243 e. The summed E-state index contributed by atoms with van der Waals surface area (Å²) in [5, 5.41) is 2.88. The van der Waals surface area contributed by atoms with Crippen molar-refractivity contribution in [2.45, 2.75) is 9.79 Å². The number of carbonyl (C=O) groups is 1. The van der Waals surface area contributed by atoms with E-state index in [0.717, 1.165) is 9.20 Å². The molecule has 0 radical (unpaired) electrons. The summed E-state index contributed by atoms with van der Waals surface area (Å²) in [4.78, 5) is 13.2. The summed E-state index contributed by atoms with van der Waals surface area (Å²) in [5.41, 5.74) is 0.611. The Bertz CT molecular complexity index is 903. The second-order valence-electron chi connectivity index (χ2n) is 5.34. The van der Waals surface area contributed by atoms with Crippen molar-refractivity contribution in [1.29, 1.82) is 0 Å². The smallest absolute Gasteiger partial charge is 0.243 e. The maximum absolute atomic E-state index is 12.6. The number of likely N-dealkylation sites (N-methyl/N-ethyl adjacent to an activating group) is 1. The molecule has 0 aliphatic carbocycles. The molecule has 0 aliphatic heterocycles. The van der Waals surface area contributed by atoms with E-state index >= 15 is 0 Å². The van der Waals surface area contributed by atoms with Crippen molar-refractivity contribution in [1.82, 2.24) is 4.31 Å². The van der Waals surface area contributed by atoms with Gasteiger partial charge in [0.05, 0.1) is 23.6 Å². The van der Waals surface area contributed by atoms with Crippen LogP contribution in [0.15, 0.2) is 52.3 Å². The number of halogens is 1. The van der Waals surface area contributed by atoms with Gasteiger partial charge < -0.3 is 10.1 Å². The Morgan fingerprint density at radius 1 is 1.27 bits per heavy atom. The van der Waals surface area contributed by atoms with E-state index in [1.807, 2.05) is 24.5 Å². The minimum Gasteiger partial charge on any atom is -0.495 e. The highest BCUT2D eigenvalue weighted by Gasteiger charge is 2.24. The monoisotopic (exact) mass is 414 g/mol. The van der Waals surface area contributed by atoms with Crippen molar-refractivity contribution in [2.75, 3.05) is 32.3 Å². The van der Waals surface area contributed by atoms with Crippen LogP contribution in [-0.4, -0.2) is 45.6 Å². The van der Waals surface area contributed by atoms with Crippen molar-refractivity contribution in [2.24, 2.45) is 0 Å². The zero-order valence-corrected chi connectivity index (χ0v) is 16.9. The van der Waals surface area contributed by atoms with Gasteiger partial charge in [0.25, 0.3) is 0 Å². The third-order valence-corrected chi connectivity index (χ3v) is 6.37. The van der Waals surface area contributed by atoms with E-state index in [0.29, 0.717) is 11.4 Å². The van der Waals surface area contributed by atoms with E-state index < -0.39 is 15.9 Å². The summed E-state index contributed by atoms with van der Waals surface area (Å²) in [5.74, 6) is -0.0615. The van der Waals surface area contributed by atoms with Gasteiger partial charge in [-0.3, -0.25) is 4.79 Å². The van der Waals surface area contributed by atoms with Gasteiger partial charge in [-0.05, 0) is 42.7 Å². The number of benzene rings is 2. The molecule has 0 spiro atoms. The number of nitrogens with one attached hydrogen (secondary N) is 1. The Hall–Kier alpha value is -1.74. The third kappa shape index (κ3) is 4.91. The Balaban J connectivity index is 2.10. The van der Waals surface area contributed by atoms with Gasteiger partial charge in [0, 0.05) is 17.6 Å². The largest absolute Gasteiger partial charge is 0.495 e. The molecule has 0 unspecified atom stereocenters. The second kappa shape index (κ2) is 8.77. The van der Waals surface area contributed by atoms with Crippen LogP contribution in [0.25, 0.3) is 0 Å². The highest BCUT2D eigenvalue weighted by atomic mass is 35.5. The van der Waals surface area contributed by atoms with Gasteiger partial charge >= 0.3 is 0 Å². The lowest BCUT2D eigenvalue weighted by Crippen LogP contribution is -2.35. The Morgan fingerprint density at radius 3 is 2.62 bits per heavy atom. The summed E-state index contributed by atoms with van der Waals surface area (Å²) in [6.45, 7) is -0.324. The van der Waals surface area contributed by atoms with Crippen LogP contribution in [0.3, 0.4) is 0 Å². The van der Waals surface area contributed by atoms with Crippen LogP contribution in [0, 0.1) is 0 Å². The average Bonchev–Trinajstić information content (AvgIpc) is 2.61. The number of carbonyl (C=O) groups excluding carboxylic acids is 1. The number of nitrogens with zero attached hydrogens (tertiary/aromatic N) is 1. The lowest BCUT2D eigenvalue weighted by Gasteiger charge is -2.17. The molecule has 9 heteroatoms. The molecule has 2 aromatic carbocycles. The van der Waals surface area contributed by atoms with Gasteiger partial charge in [-0.15, -0.1) is 11.8 Å². The number of methoxy groups -OCH3 is 1. The van der Waals surface area contributed by atoms with Crippen molar-refractivity contribution in [3.63, 3.8) is 0 Å². The van der Waals surface area contributed by atoms with Gasteiger partial charge in [0.1, 0.15) is 5.75 Å². The lowest BCUT2D eigenvalue weighted by molar-refractivity contribution is -0.116. The van der Waals surface area contributed by atoms with Crippen LogP contribution >= 0.6 is 23.4 Å². The zero-order valence-electron chi connectivity index (χ0n) is 14.5. The first-order chi connectivity index (χ1) is 12.3. The first kappa shape index (κ1) is 20.6. The van der Waals surface area contributed by atoms with Crippen LogP contribution in [0.1, 0.15) is 0 Å². The molecule has 0 atom stereocenters. The number of hydrogen-bond donors (Lipinski definition) is 1. The van der Waals surface area contributed by atoms with E-state index in [4.69, 9.17) is 16.3 Å². The minimum atomic E-state index is -3.86. The minimum absolute atomic E-state index is 0.0111. The number of rotatable bonds is 7. The number of anilines is 1. The maximum atomic E-state index is 12.6. The quantitative estimate of drug-likeness (QED) is 0.703. The SMILES string of the molecule is COc1ccc(S(=O)(=O)N(C)CC(=O)Nc2cccc(SC)c2)cc1Cl. The molecule has 2 rings (SSSR count). The molecular weight excluding hydrogens is 396 g/mol. The molecule has 2 aromatic rings. The molecule has 0 aliphatic rings. The third-order valence-electron chi connectivity index (χ3n) is 3.55. The van der Waals surface area contributed by atoms with E-state index in [-0.39, 0.29) is 16.5 Å². The number of sulfonamides is 1. The highest BCUT2D eigenvalue weighted by Crippen LogP contribution is 2.28. The van der Waals surface area contributed by atoms with Crippen molar-refractivity contribution in [3.05, 3.63) is 47.5 Å². The molecule has 0 saturated heterocycles. The first-order valence-corrected chi connectivity index (χ1v) is 10.6. The Morgan fingerprint density at radius 2 is 2.00 bits per heavy atom. The standard InChI is InChI=1S/C17H19ClN2O4S2/c1-20(11-17(21)19-12-5-4-6-13(9-12)25-3)26(22,23)14-7-8-16(24-2)15(18)10-14/h4-10H,11H2,1-3H3,(H,19,21). The van der Waals surface area contributed by atoms with E-state index in [2.05, 4.69) is 5.32 Å². The molecule has 26 heavy (non-hydrogen) atoms. The number of thioether (sulfide) groups is 1. The van der Waals surface area contributed by atoms with E-state index in [1.165, 1.54) is 32.4 Å². The molecule has 6 nitrogen and oxygen atoms in total.